The summed E-state index contributed by atoms with van der Waals surface area (Å²) in [5.74, 6) is -7.91. The van der Waals surface area contributed by atoms with Crippen LogP contribution < -0.4 is 21.7 Å². The Morgan fingerprint density at radius 1 is 0.846 bits per heavy atom. The number of fused-ring (bicyclic) bond motifs is 1. The van der Waals surface area contributed by atoms with E-state index >= 15 is 0 Å². The largest absolute Gasteiger partial charge is 0.369 e. The lowest BCUT2D eigenvalue weighted by molar-refractivity contribution is -0.144. The van der Waals surface area contributed by atoms with Crippen molar-refractivity contribution in [2.24, 2.45) is 35.3 Å². The third kappa shape index (κ3) is 16.4. The van der Waals surface area contributed by atoms with Crippen LogP contribution in [0.3, 0.4) is 0 Å². The van der Waals surface area contributed by atoms with Gasteiger partial charge in [0.05, 0.1) is 18.1 Å². The van der Waals surface area contributed by atoms with Crippen LogP contribution in [0.25, 0.3) is 10.9 Å². The van der Waals surface area contributed by atoms with Crippen molar-refractivity contribution in [1.82, 2.24) is 25.8 Å². The molecular weight excluding hydrogens is 833 g/mol. The van der Waals surface area contributed by atoms with Gasteiger partial charge in [0.15, 0.2) is 17.3 Å². The molecular formula is C49H72N6O10. The first-order valence-corrected chi connectivity index (χ1v) is 23.4. The number of likely N-dealkylation sites (N-methyl/N-ethyl adjacent to an activating group) is 1. The Kier molecular flexibility index (Phi) is 21.9. The van der Waals surface area contributed by atoms with Crippen LogP contribution in [0.4, 0.5) is 0 Å². The highest BCUT2D eigenvalue weighted by Crippen LogP contribution is 2.30. The first kappa shape index (κ1) is 53.8. The number of hydrogen-bond donors (Lipinski definition) is 5. The van der Waals surface area contributed by atoms with Gasteiger partial charge in [0.1, 0.15) is 5.78 Å². The minimum atomic E-state index is -1.21. The molecule has 1 aliphatic heterocycles. The van der Waals surface area contributed by atoms with E-state index < -0.39 is 71.1 Å². The molecule has 2 heterocycles. The van der Waals surface area contributed by atoms with E-state index in [1.54, 1.807) is 4.90 Å². The molecule has 5 amide bonds. The van der Waals surface area contributed by atoms with Crippen molar-refractivity contribution in [3.63, 3.8) is 0 Å². The van der Waals surface area contributed by atoms with Crippen molar-refractivity contribution in [3.8, 4) is 0 Å². The molecule has 1 aromatic heterocycles. The summed E-state index contributed by atoms with van der Waals surface area (Å²) >= 11 is 0. The zero-order valence-electron chi connectivity index (χ0n) is 39.4. The number of nitrogens with zero attached hydrogens (tertiary/aromatic N) is 1. The molecule has 1 aliphatic rings. The number of unbranched alkanes of at least 4 members (excludes halogenated alkanes) is 1. The number of benzene rings is 1. The Labute approximate surface area is 383 Å². The molecule has 16 nitrogen and oxygen atoms in total. The lowest BCUT2D eigenvalue weighted by Crippen LogP contribution is -2.50. The summed E-state index contributed by atoms with van der Waals surface area (Å²) in [7, 11) is 1.30. The molecule has 1 fully saturated rings. The van der Waals surface area contributed by atoms with Crippen molar-refractivity contribution < 1.29 is 47.9 Å². The molecule has 65 heavy (non-hydrogen) atoms. The van der Waals surface area contributed by atoms with E-state index in [4.69, 9.17) is 5.73 Å². The van der Waals surface area contributed by atoms with Gasteiger partial charge in [0.25, 0.3) is 5.91 Å². The second-order valence-corrected chi connectivity index (χ2v) is 18.3. The molecule has 1 aromatic carbocycles. The summed E-state index contributed by atoms with van der Waals surface area (Å²) in [5.41, 5.74) is 7.59. The lowest BCUT2D eigenvalue weighted by Gasteiger charge is -2.31. The summed E-state index contributed by atoms with van der Waals surface area (Å²) < 4.78 is 0. The Morgan fingerprint density at radius 3 is 2.17 bits per heavy atom. The number of Topliss-reactive ketones (excluding diaryl/α,β-unsaturated/α-hetero) is 5. The van der Waals surface area contributed by atoms with Crippen LogP contribution in [0.5, 0.6) is 0 Å². The van der Waals surface area contributed by atoms with E-state index in [0.717, 1.165) is 16.5 Å². The fourth-order valence-corrected chi connectivity index (χ4v) is 8.63. The zero-order valence-corrected chi connectivity index (χ0v) is 39.4. The minimum Gasteiger partial charge on any atom is -0.369 e. The van der Waals surface area contributed by atoms with Gasteiger partial charge in [0, 0.05) is 87.0 Å². The van der Waals surface area contributed by atoms with Crippen molar-refractivity contribution >= 4 is 69.4 Å². The van der Waals surface area contributed by atoms with Gasteiger partial charge in [-0.05, 0) is 68.9 Å². The number of para-hydroxylation sites is 1. The molecule has 1 saturated heterocycles. The molecule has 0 radical (unpaired) electrons. The summed E-state index contributed by atoms with van der Waals surface area (Å²) in [6.07, 6.45) is 4.04. The third-order valence-electron chi connectivity index (χ3n) is 12.6. The molecule has 16 heteroatoms. The third-order valence-corrected chi connectivity index (χ3v) is 12.6. The van der Waals surface area contributed by atoms with E-state index in [2.05, 4.69) is 20.9 Å². The standard InChI is InChI=1S/C49H72N6O10/c1-8-10-14-32(25-41(58)38(19-20-40(57)48(64)51-7)53-44(61)21-18-31(6)56)47(63)54-45(30(5)9-2)43(60)27-34(23-29(3)4)49(65)55-22-13-17-39(55)42(59)26-33(46(50)62)24-35-28-52-37-16-12-11-15-36(35)37/h11-12,15-16,28-30,32-34,38-39,45,52H,8-10,13-14,17-27H2,1-7H3,(H2,50,62)(H,51,64)(H,53,61)(H,54,63)/t30?,32-,33-,34-,38+,39+,45+/m1/s1. The average molecular weight is 905 g/mol. The van der Waals surface area contributed by atoms with Gasteiger partial charge < -0.3 is 36.4 Å². The minimum absolute atomic E-state index is 0.00699. The molecule has 0 bridgehead atoms. The molecule has 1 unspecified atom stereocenters. The first-order valence-electron chi connectivity index (χ1n) is 23.4. The van der Waals surface area contributed by atoms with E-state index in [1.807, 2.05) is 65.1 Å². The maximum absolute atomic E-state index is 14.5. The number of aromatic amines is 1. The topological polar surface area (TPSA) is 252 Å². The number of likely N-dealkylation sites (tertiary alicyclic amines) is 1. The number of primary amides is 1. The Morgan fingerprint density at radius 2 is 1.54 bits per heavy atom. The number of hydrogen-bond acceptors (Lipinski definition) is 10. The van der Waals surface area contributed by atoms with Crippen molar-refractivity contribution in [1.29, 1.82) is 0 Å². The number of nitrogens with one attached hydrogen (secondary N) is 4. The molecule has 0 aliphatic carbocycles. The van der Waals surface area contributed by atoms with Gasteiger partial charge in [-0.15, -0.1) is 0 Å². The maximum atomic E-state index is 14.5. The number of H-pyrrole nitrogens is 1. The number of rotatable bonds is 30. The molecule has 3 rings (SSSR count). The van der Waals surface area contributed by atoms with Crippen molar-refractivity contribution in [3.05, 3.63) is 36.0 Å². The fraction of sp³-hybridized carbons (Fsp3) is 0.633. The predicted octanol–water partition coefficient (Wildman–Crippen LogP) is 4.63. The van der Waals surface area contributed by atoms with Gasteiger partial charge in [-0.2, -0.15) is 0 Å². The molecule has 2 aromatic rings. The normalized spacial score (nSPS) is 16.5. The number of carbonyl (C=O) groups is 10. The number of nitrogens with two attached hydrogens (primary N) is 1. The SMILES string of the molecule is CCCC[C@H](CC(=O)[C@H](CCC(=O)C(=O)NC)NC(=O)CCC(C)=O)C(=O)N[C@H](C(=O)C[C@@H](CC(C)C)C(=O)N1CCC[C@H]1C(=O)C[C@@H](Cc1c[nH]c2ccccc12)C(N)=O)C(C)CC. The van der Waals surface area contributed by atoms with Gasteiger partial charge in [0.2, 0.25) is 29.4 Å². The second kappa shape index (κ2) is 26.4. The van der Waals surface area contributed by atoms with E-state index in [1.165, 1.54) is 14.0 Å². The predicted molar refractivity (Wildman–Crippen MR) is 246 cm³/mol. The number of amides is 5. The summed E-state index contributed by atoms with van der Waals surface area (Å²) in [6.45, 7) is 11.2. The number of carbonyl (C=O) groups excluding carboxylic acids is 10. The summed E-state index contributed by atoms with van der Waals surface area (Å²) in [4.78, 5) is 137. The Balaban J connectivity index is 1.80. The average Bonchev–Trinajstić information content (AvgIpc) is 3.93. The highest BCUT2D eigenvalue weighted by molar-refractivity contribution is 6.36. The van der Waals surface area contributed by atoms with Gasteiger partial charge in [-0.25, -0.2) is 0 Å². The van der Waals surface area contributed by atoms with E-state index in [-0.39, 0.29) is 92.9 Å². The zero-order chi connectivity index (χ0) is 48.4. The Hall–Kier alpha value is -5.54. The smallest absolute Gasteiger partial charge is 0.287 e. The van der Waals surface area contributed by atoms with Crippen LogP contribution in [0, 0.1) is 29.6 Å². The maximum Gasteiger partial charge on any atom is 0.287 e. The van der Waals surface area contributed by atoms with E-state index in [9.17, 15) is 47.9 Å². The van der Waals surface area contributed by atoms with Crippen LogP contribution >= 0.6 is 0 Å². The number of ketones is 5. The van der Waals surface area contributed by atoms with Crippen LogP contribution in [0.2, 0.25) is 0 Å². The van der Waals surface area contributed by atoms with E-state index in [0.29, 0.717) is 45.1 Å². The molecule has 0 spiro atoms. The molecule has 358 valence electrons. The molecule has 7 atom stereocenters. The summed E-state index contributed by atoms with van der Waals surface area (Å²) in [5, 5.41) is 8.69. The highest BCUT2D eigenvalue weighted by atomic mass is 16.2. The quantitative estimate of drug-likeness (QED) is 0.0680. The van der Waals surface area contributed by atoms with Gasteiger partial charge in [-0.1, -0.05) is 72.1 Å². The van der Waals surface area contributed by atoms with Crippen LogP contribution in [-0.4, -0.2) is 100 Å². The van der Waals surface area contributed by atoms with Crippen LogP contribution in [-0.2, 0) is 54.4 Å². The monoisotopic (exact) mass is 905 g/mol. The summed E-state index contributed by atoms with van der Waals surface area (Å²) in [6, 6.07) is 4.66. The van der Waals surface area contributed by atoms with Crippen LogP contribution in [0.15, 0.2) is 30.5 Å². The fourth-order valence-electron chi connectivity index (χ4n) is 8.63. The number of aromatic nitrogens is 1. The van der Waals surface area contributed by atoms with Crippen LogP contribution in [0.1, 0.15) is 137 Å². The molecule has 6 N–H and O–H groups in total. The highest BCUT2D eigenvalue weighted by Gasteiger charge is 2.40. The molecule has 0 saturated carbocycles. The Bertz CT molecular complexity index is 2030. The van der Waals surface area contributed by atoms with Crippen molar-refractivity contribution in [2.75, 3.05) is 13.6 Å². The van der Waals surface area contributed by atoms with Gasteiger partial charge >= 0.3 is 0 Å². The second-order valence-electron chi connectivity index (χ2n) is 18.3. The first-order chi connectivity index (χ1) is 30.8. The van der Waals surface area contributed by atoms with Gasteiger partial charge in [-0.3, -0.25) is 43.2 Å². The van der Waals surface area contributed by atoms with Crippen molar-refractivity contribution in [2.45, 2.75) is 156 Å². The lowest BCUT2D eigenvalue weighted by atomic mass is 9.84.